The van der Waals surface area contributed by atoms with Gasteiger partial charge in [0.15, 0.2) is 0 Å². The maximum atomic E-state index is 14.5. The Morgan fingerprint density at radius 3 is 2.47 bits per heavy atom. The van der Waals surface area contributed by atoms with Gasteiger partial charge in [0, 0.05) is 43.7 Å². The van der Waals surface area contributed by atoms with Crippen molar-refractivity contribution in [3.8, 4) is 5.75 Å². The van der Waals surface area contributed by atoms with Gasteiger partial charge in [-0.15, -0.1) is 11.8 Å². The molecule has 9 heteroatoms. The van der Waals surface area contributed by atoms with Gasteiger partial charge in [0.1, 0.15) is 11.8 Å². The predicted molar refractivity (Wildman–Crippen MR) is 168 cm³/mol. The van der Waals surface area contributed by atoms with Gasteiger partial charge >= 0.3 is 0 Å². The van der Waals surface area contributed by atoms with Gasteiger partial charge in [0.25, 0.3) is 0 Å². The summed E-state index contributed by atoms with van der Waals surface area (Å²) in [6.07, 6.45) is 10.3. The number of hydrogen-bond donors (Lipinski definition) is 1. The van der Waals surface area contributed by atoms with Crippen LogP contribution in [0.15, 0.2) is 78.9 Å². The number of thioether (sulfide) groups is 1. The fraction of sp³-hybridized carbons (Fsp3) is 0.441. The molecule has 4 aliphatic rings. The van der Waals surface area contributed by atoms with E-state index in [2.05, 4.69) is 12.2 Å². The van der Waals surface area contributed by atoms with Gasteiger partial charge in [-0.25, -0.2) is 0 Å². The molecule has 3 amide bonds. The van der Waals surface area contributed by atoms with E-state index in [4.69, 9.17) is 4.74 Å². The fourth-order valence-corrected chi connectivity index (χ4v) is 9.07. The van der Waals surface area contributed by atoms with Crippen LogP contribution in [-0.2, 0) is 20.9 Å². The molecule has 0 aliphatic carbocycles. The number of hydrogen-bond acceptors (Lipinski definition) is 6. The summed E-state index contributed by atoms with van der Waals surface area (Å²) in [5.41, 5.74) is 1.79. The summed E-state index contributed by atoms with van der Waals surface area (Å²) in [5.74, 6) is -0.785. The highest BCUT2D eigenvalue weighted by Crippen LogP contribution is 2.61. The van der Waals surface area contributed by atoms with E-state index < -0.39 is 22.6 Å². The number of anilines is 1. The summed E-state index contributed by atoms with van der Waals surface area (Å²) in [7, 11) is 0. The molecule has 43 heavy (non-hydrogen) atoms. The summed E-state index contributed by atoms with van der Waals surface area (Å²) >= 11 is 1.61. The average Bonchev–Trinajstić information content (AvgIpc) is 3.33. The normalized spacial score (nSPS) is 28.0. The van der Waals surface area contributed by atoms with Crippen molar-refractivity contribution in [3.05, 3.63) is 84.5 Å². The topological polar surface area (TPSA) is 90.4 Å². The van der Waals surface area contributed by atoms with Crippen molar-refractivity contribution < 1.29 is 24.2 Å². The van der Waals surface area contributed by atoms with Crippen LogP contribution >= 0.6 is 11.8 Å². The third-order valence-corrected chi connectivity index (χ3v) is 10.7. The Hall–Kier alpha value is -3.56. The number of rotatable bonds is 10. The van der Waals surface area contributed by atoms with E-state index in [-0.39, 0.29) is 29.6 Å². The largest absolute Gasteiger partial charge is 0.494 e. The zero-order valence-corrected chi connectivity index (χ0v) is 25.3. The molecule has 2 fully saturated rings. The summed E-state index contributed by atoms with van der Waals surface area (Å²) in [4.78, 5) is 48.7. The van der Waals surface area contributed by atoms with E-state index in [9.17, 15) is 19.5 Å². The molecule has 0 saturated carbocycles. The second-order valence-electron chi connectivity index (χ2n) is 11.6. The number of ether oxygens (including phenoxy) is 1. The summed E-state index contributed by atoms with van der Waals surface area (Å²) < 4.78 is 4.76. The van der Waals surface area contributed by atoms with Crippen LogP contribution in [0.2, 0.25) is 0 Å². The number of unbranched alkanes of at least 4 members (excludes halogenated alkanes) is 2. The van der Waals surface area contributed by atoms with Crippen LogP contribution in [0.5, 0.6) is 5.75 Å². The van der Waals surface area contributed by atoms with Crippen LogP contribution < -0.4 is 9.64 Å². The van der Waals surface area contributed by atoms with Crippen molar-refractivity contribution in [3.63, 3.8) is 0 Å². The number of amides is 3. The van der Waals surface area contributed by atoms with E-state index in [1.807, 2.05) is 78.6 Å². The van der Waals surface area contributed by atoms with Gasteiger partial charge in [0.2, 0.25) is 17.7 Å². The fourth-order valence-electron chi connectivity index (χ4n) is 7.06. The number of aliphatic hydroxyl groups is 1. The van der Waals surface area contributed by atoms with E-state index in [0.717, 1.165) is 23.4 Å². The molecule has 1 unspecified atom stereocenters. The predicted octanol–water partition coefficient (Wildman–Crippen LogP) is 4.05. The smallest absolute Gasteiger partial charge is 0.247 e. The number of benzene rings is 2. The van der Waals surface area contributed by atoms with Gasteiger partial charge in [-0.05, 0) is 56.0 Å². The molecule has 8 nitrogen and oxygen atoms in total. The molecule has 2 saturated heterocycles. The zero-order chi connectivity index (χ0) is 30.0. The number of likely N-dealkylation sites (tertiary alicyclic amines) is 1. The number of aliphatic hydroxyl groups excluding tert-OH is 1. The zero-order valence-electron chi connectivity index (χ0n) is 24.5. The van der Waals surface area contributed by atoms with Gasteiger partial charge < -0.3 is 24.5 Å². The lowest BCUT2D eigenvalue weighted by molar-refractivity contribution is -0.143. The van der Waals surface area contributed by atoms with Crippen molar-refractivity contribution in [2.75, 3.05) is 37.7 Å². The minimum Gasteiger partial charge on any atom is -0.494 e. The van der Waals surface area contributed by atoms with E-state index >= 15 is 0 Å². The minimum atomic E-state index is -0.840. The highest BCUT2D eigenvalue weighted by atomic mass is 32.2. The molecule has 226 valence electrons. The summed E-state index contributed by atoms with van der Waals surface area (Å²) in [6, 6.07) is 16.7. The Bertz CT molecular complexity index is 1400. The molecular formula is C34H39N3O5S. The van der Waals surface area contributed by atoms with E-state index in [1.165, 1.54) is 0 Å². The Kier molecular flexibility index (Phi) is 8.63. The number of fused-ring (bicyclic) bond motifs is 2. The molecule has 0 bridgehead atoms. The Labute approximate surface area is 257 Å². The van der Waals surface area contributed by atoms with Crippen molar-refractivity contribution in [2.24, 2.45) is 11.8 Å². The summed E-state index contributed by atoms with van der Waals surface area (Å²) in [6.45, 7) is 4.33. The van der Waals surface area contributed by atoms with Crippen molar-refractivity contribution in [1.29, 1.82) is 0 Å². The third-order valence-electron chi connectivity index (χ3n) is 8.97. The highest BCUT2D eigenvalue weighted by Gasteiger charge is 2.70. The van der Waals surface area contributed by atoms with Gasteiger partial charge in [-0.1, -0.05) is 54.6 Å². The maximum Gasteiger partial charge on any atom is 0.247 e. The van der Waals surface area contributed by atoms with Gasteiger partial charge in [-0.3, -0.25) is 14.4 Å². The average molecular weight is 602 g/mol. The van der Waals surface area contributed by atoms with Gasteiger partial charge in [0.05, 0.1) is 23.2 Å². The number of carbonyl (C=O) groups is 3. The second-order valence-corrected chi connectivity index (χ2v) is 13.1. The van der Waals surface area contributed by atoms with Crippen molar-refractivity contribution in [2.45, 2.75) is 48.8 Å². The highest BCUT2D eigenvalue weighted by molar-refractivity contribution is 8.02. The van der Waals surface area contributed by atoms with Crippen LogP contribution in [0.1, 0.15) is 31.7 Å². The summed E-state index contributed by atoms with van der Waals surface area (Å²) in [5, 5.41) is 9.10. The monoisotopic (exact) mass is 601 g/mol. The molecule has 0 aromatic heterocycles. The Morgan fingerprint density at radius 1 is 0.930 bits per heavy atom. The first-order valence-electron chi connectivity index (χ1n) is 15.3. The molecular weight excluding hydrogens is 562 g/mol. The molecule has 4 heterocycles. The lowest BCUT2D eigenvalue weighted by atomic mass is 9.78. The Morgan fingerprint density at radius 2 is 1.72 bits per heavy atom. The molecule has 2 aromatic rings. The number of nitrogens with zero attached hydrogens (tertiary/aromatic N) is 3. The van der Waals surface area contributed by atoms with Crippen LogP contribution in [0.4, 0.5) is 5.69 Å². The molecule has 5 atom stereocenters. The van der Waals surface area contributed by atoms with E-state index in [1.54, 1.807) is 21.6 Å². The van der Waals surface area contributed by atoms with Crippen LogP contribution in [0.25, 0.3) is 0 Å². The first-order valence-corrected chi connectivity index (χ1v) is 16.2. The molecule has 0 radical (unpaired) electrons. The first-order chi connectivity index (χ1) is 21.0. The molecule has 2 aromatic carbocycles. The Balaban J connectivity index is 1.35. The third kappa shape index (κ3) is 5.38. The van der Waals surface area contributed by atoms with Crippen LogP contribution in [0.3, 0.4) is 0 Å². The van der Waals surface area contributed by atoms with Crippen molar-refractivity contribution >= 4 is 35.2 Å². The molecule has 1 spiro atoms. The quantitative estimate of drug-likeness (QED) is 0.327. The molecule has 6 rings (SSSR count). The lowest BCUT2D eigenvalue weighted by Gasteiger charge is -2.35. The van der Waals surface area contributed by atoms with Crippen LogP contribution in [0, 0.1) is 11.8 Å². The molecule has 1 N–H and O–H groups in total. The maximum absolute atomic E-state index is 14.5. The second kappa shape index (κ2) is 12.6. The standard InChI is InChI=1S/C34H39N3O5S/c1-2-42-26-16-14-25(15-17-26)36-21-9-13-27-28(31(36)39)29-32(40)37(20-7-4-8-22-38)30-33(41)35(19-10-18-34(29,30)43-27)23-24-11-5-3-6-12-24/h3,5-6,9-18,27-30,38H,2,4,7-8,19-23H2,1H3/t27-,28+,29+,30?,34+/m1/s1. The van der Waals surface area contributed by atoms with E-state index in [0.29, 0.717) is 45.6 Å². The van der Waals surface area contributed by atoms with Gasteiger partial charge in [-0.2, -0.15) is 0 Å². The first kappa shape index (κ1) is 29.5. The van der Waals surface area contributed by atoms with Crippen LogP contribution in [-0.4, -0.2) is 81.5 Å². The number of carbonyl (C=O) groups excluding carboxylic acids is 3. The molecule has 4 aliphatic heterocycles. The van der Waals surface area contributed by atoms with Crippen molar-refractivity contribution in [1.82, 2.24) is 9.80 Å². The minimum absolute atomic E-state index is 0.0735. The lowest BCUT2D eigenvalue weighted by Crippen LogP contribution is -2.53. The SMILES string of the molecule is CCOc1ccc(N2CC=C[C@H]3S[C@]45C=CCN(Cc6ccccc6)C(=O)C4N(CCCCCO)C(=O)[C@@H]5[C@H]3C2=O)cc1.